The van der Waals surface area contributed by atoms with E-state index in [0.717, 1.165) is 0 Å². The second-order valence-electron chi connectivity index (χ2n) is 0. The maximum absolute atomic E-state index is 0. The van der Waals surface area contributed by atoms with Crippen molar-refractivity contribution in [2.75, 3.05) is 0 Å². The van der Waals surface area contributed by atoms with Gasteiger partial charge in [0.05, 0.1) is 0 Å². The summed E-state index contributed by atoms with van der Waals surface area (Å²) in [6.07, 6.45) is 0. The van der Waals surface area contributed by atoms with E-state index in [1.54, 1.807) is 0 Å². The van der Waals surface area contributed by atoms with E-state index >= 15 is 0 Å². The van der Waals surface area contributed by atoms with Crippen LogP contribution in [0.2, 0.25) is 0 Å². The van der Waals surface area contributed by atoms with Crippen LogP contribution in [0.25, 0.3) is 0 Å². The summed E-state index contributed by atoms with van der Waals surface area (Å²) in [7, 11) is 0. The summed E-state index contributed by atoms with van der Waals surface area (Å²) < 4.78 is 0. The average molecular weight is 249 g/mol. The molecule has 0 N–H and O–H groups in total. The Morgan fingerprint density at radius 1 is 0.500 bits per heavy atom. The topological polar surface area (TPSA) is 0 Å². The van der Waals surface area contributed by atoms with Gasteiger partial charge in [0, 0.05) is 0 Å². The van der Waals surface area contributed by atoms with Gasteiger partial charge in [-0.1, -0.05) is 0 Å². The molecule has 0 radical (unpaired) electrons. The standard InChI is InChI=1S/5ClH.Ga/h5*1H;/q;;;;;+3/p-3. The van der Waals surface area contributed by atoms with Crippen molar-refractivity contribution < 1.29 is 37.2 Å². The van der Waals surface area contributed by atoms with Crippen LogP contribution in [0.1, 0.15) is 0 Å². The van der Waals surface area contributed by atoms with Crippen LogP contribution in [0.4, 0.5) is 0 Å². The van der Waals surface area contributed by atoms with E-state index in [1.807, 2.05) is 0 Å². The maximum Gasteiger partial charge on any atom is 3.00 e. The summed E-state index contributed by atoms with van der Waals surface area (Å²) in [6, 6.07) is 0. The first kappa shape index (κ1) is 93.3. The first-order valence-electron chi connectivity index (χ1n) is 0. The monoisotopic (exact) mass is 246 g/mol. The van der Waals surface area contributed by atoms with Gasteiger partial charge in [-0.05, 0) is 0 Å². The van der Waals surface area contributed by atoms with E-state index in [9.17, 15) is 0 Å². The predicted molar refractivity (Wildman–Crippen MR) is 20.2 cm³/mol. The molecule has 0 aliphatic carbocycles. The zero-order chi connectivity index (χ0) is 0. The number of halogens is 5. The van der Waals surface area contributed by atoms with Gasteiger partial charge in [-0.2, -0.15) is 0 Å². The maximum atomic E-state index is 0. The minimum Gasteiger partial charge on any atom is -1.00 e. The number of rotatable bonds is 0. The van der Waals surface area contributed by atoms with Crippen molar-refractivity contribution in [1.29, 1.82) is 0 Å². The summed E-state index contributed by atoms with van der Waals surface area (Å²) in [6.45, 7) is 0. The second kappa shape index (κ2) is 60.3. The van der Waals surface area contributed by atoms with Gasteiger partial charge in [0.15, 0.2) is 0 Å². The molecule has 0 saturated carbocycles. The Morgan fingerprint density at radius 2 is 0.500 bits per heavy atom. The molecule has 0 spiro atoms. The third kappa shape index (κ3) is 36.2. The molecule has 0 bridgehead atoms. The van der Waals surface area contributed by atoms with Crippen LogP contribution in [-0.4, -0.2) is 19.8 Å². The summed E-state index contributed by atoms with van der Waals surface area (Å²) in [5, 5.41) is 0. The van der Waals surface area contributed by atoms with E-state index in [4.69, 9.17) is 0 Å². The molecule has 6 heteroatoms. The molecule has 0 aromatic heterocycles. The molecule has 0 rings (SSSR count). The van der Waals surface area contributed by atoms with Crippen LogP contribution < -0.4 is 37.2 Å². The third-order valence-corrected chi connectivity index (χ3v) is 0. The smallest absolute Gasteiger partial charge is 1.00 e. The number of hydrogen-bond acceptors (Lipinski definition) is 0. The molecule has 40 valence electrons. The Hall–Kier alpha value is 2.09. The largest absolute Gasteiger partial charge is 3.00 e. The van der Waals surface area contributed by atoms with Gasteiger partial charge >= 0.3 is 19.8 Å². The van der Waals surface area contributed by atoms with Crippen molar-refractivity contribution in [2.45, 2.75) is 0 Å². The summed E-state index contributed by atoms with van der Waals surface area (Å²) in [4.78, 5) is 0. The molecule has 0 aliphatic rings. The Bertz CT molecular complexity index is 3.90. The molecule has 0 aromatic rings. The van der Waals surface area contributed by atoms with Crippen molar-refractivity contribution >= 4 is 44.6 Å². The van der Waals surface area contributed by atoms with Gasteiger partial charge < -0.3 is 37.2 Å². The Balaban J connectivity index is 0. The minimum absolute atomic E-state index is 0. The first-order chi connectivity index (χ1) is 0. The van der Waals surface area contributed by atoms with Crippen LogP contribution >= 0.6 is 24.8 Å². The van der Waals surface area contributed by atoms with Crippen molar-refractivity contribution in [1.82, 2.24) is 0 Å². The van der Waals surface area contributed by atoms with Crippen LogP contribution in [-0.2, 0) is 0 Å². The fraction of sp³-hybridized carbons (Fsp3) is 0. The molecule has 0 aromatic carbocycles. The summed E-state index contributed by atoms with van der Waals surface area (Å²) >= 11 is 0. The van der Waals surface area contributed by atoms with E-state index in [-0.39, 0.29) is 81.8 Å². The van der Waals surface area contributed by atoms with E-state index in [0.29, 0.717) is 0 Å². The molecule has 0 amide bonds. The van der Waals surface area contributed by atoms with Crippen LogP contribution in [0.3, 0.4) is 0 Å². The molecule has 0 saturated heterocycles. The quantitative estimate of drug-likeness (QED) is 0.374. The van der Waals surface area contributed by atoms with Crippen molar-refractivity contribution in [3.63, 3.8) is 0 Å². The van der Waals surface area contributed by atoms with Crippen molar-refractivity contribution in [2.24, 2.45) is 0 Å². The van der Waals surface area contributed by atoms with Gasteiger partial charge in [0.25, 0.3) is 0 Å². The van der Waals surface area contributed by atoms with Gasteiger partial charge in [0.2, 0.25) is 0 Å². The van der Waals surface area contributed by atoms with Gasteiger partial charge in [-0.3, -0.25) is 0 Å². The molecule has 0 nitrogen and oxygen atoms in total. The molecule has 0 atom stereocenters. The SMILES string of the molecule is Cl.Cl.[Cl-].[Cl-].[Cl-].[Ga+3]. The van der Waals surface area contributed by atoms with Gasteiger partial charge in [-0.15, -0.1) is 24.8 Å². The van der Waals surface area contributed by atoms with Gasteiger partial charge in [-0.25, -0.2) is 0 Å². The molecular formula is H2Cl5Ga. The third-order valence-electron chi connectivity index (χ3n) is 0. The van der Waals surface area contributed by atoms with Crippen molar-refractivity contribution in [3.8, 4) is 0 Å². The zero-order valence-electron chi connectivity index (χ0n) is 2.53. The normalized spacial score (nSPS) is 0. The van der Waals surface area contributed by atoms with E-state index < -0.39 is 0 Å². The molecule has 0 fully saturated rings. The summed E-state index contributed by atoms with van der Waals surface area (Å²) in [5.41, 5.74) is 0. The van der Waals surface area contributed by atoms with Crippen molar-refractivity contribution in [3.05, 3.63) is 0 Å². The molecular weight excluding hydrogens is 247 g/mol. The summed E-state index contributed by atoms with van der Waals surface area (Å²) in [5.74, 6) is 0. The first-order valence-corrected chi connectivity index (χ1v) is 0. The van der Waals surface area contributed by atoms with Gasteiger partial charge in [0.1, 0.15) is 0 Å². The number of hydrogen-bond donors (Lipinski definition) is 0. The predicted octanol–water partition coefficient (Wildman–Crippen LogP) is -8.53. The van der Waals surface area contributed by atoms with E-state index in [1.165, 1.54) is 0 Å². The molecule has 6 heavy (non-hydrogen) atoms. The molecule has 0 heterocycles. The molecule has 0 unspecified atom stereocenters. The fourth-order valence-corrected chi connectivity index (χ4v) is 0. The van der Waals surface area contributed by atoms with Crippen LogP contribution in [0.15, 0.2) is 0 Å². The Labute approximate surface area is 81.3 Å². The van der Waals surface area contributed by atoms with E-state index in [2.05, 4.69) is 0 Å². The fourth-order valence-electron chi connectivity index (χ4n) is 0. The zero-order valence-corrected chi connectivity index (χ0v) is 8.85. The molecule has 0 aliphatic heterocycles. The van der Waals surface area contributed by atoms with Crippen LogP contribution in [0.5, 0.6) is 0 Å². The minimum atomic E-state index is 0. The van der Waals surface area contributed by atoms with Crippen LogP contribution in [0, 0.1) is 0 Å². The average Bonchev–Trinajstić information content (AvgIpc) is 0. The Morgan fingerprint density at radius 3 is 0.500 bits per heavy atom. The second-order valence-corrected chi connectivity index (χ2v) is 0. The Kier molecular flexibility index (Phi) is 938.